The largest absolute Gasteiger partial charge is 0.399 e. The molecule has 1 aromatic carbocycles. The van der Waals surface area contributed by atoms with E-state index < -0.39 is 10.0 Å². The second-order valence-electron chi connectivity index (χ2n) is 4.84. The Hall–Kier alpha value is -0.720. The van der Waals surface area contributed by atoms with Gasteiger partial charge in [0.05, 0.1) is 5.75 Å². The summed E-state index contributed by atoms with van der Waals surface area (Å²) in [7, 11) is -3.15. The molecule has 3 N–H and O–H groups in total. The molecule has 0 radical (unpaired) electrons. The Bertz CT molecular complexity index is 511. The Morgan fingerprint density at radius 2 is 2.05 bits per heavy atom. The summed E-state index contributed by atoms with van der Waals surface area (Å²) in [4.78, 5) is 1.01. The molecule has 106 valence electrons. The standard InChI is InChI=1S/C13H20N2O2S2/c14-11-4-3-7-13(10-11)18-8-9-19(16,17)15-12-5-1-2-6-12/h3-4,7,10,12,15H,1-2,5-6,8-9,14H2. The number of anilines is 1. The quantitative estimate of drug-likeness (QED) is 0.624. The molecule has 2 rings (SSSR count). The third kappa shape index (κ3) is 5.04. The second kappa shape index (κ2) is 6.63. The maximum Gasteiger partial charge on any atom is 0.212 e. The highest BCUT2D eigenvalue weighted by molar-refractivity contribution is 8.00. The maximum absolute atomic E-state index is 11.9. The fraction of sp³-hybridized carbons (Fsp3) is 0.538. The summed E-state index contributed by atoms with van der Waals surface area (Å²) in [6.45, 7) is 0. The monoisotopic (exact) mass is 300 g/mol. The van der Waals surface area contributed by atoms with Gasteiger partial charge in [-0.3, -0.25) is 0 Å². The average molecular weight is 300 g/mol. The molecule has 1 aliphatic rings. The Labute approximate surface area is 119 Å². The zero-order chi connectivity index (χ0) is 13.7. The van der Waals surface area contributed by atoms with E-state index in [1.807, 2.05) is 24.3 Å². The normalized spacial score (nSPS) is 16.8. The fourth-order valence-corrected chi connectivity index (χ4v) is 4.93. The van der Waals surface area contributed by atoms with Gasteiger partial charge in [0.1, 0.15) is 0 Å². The van der Waals surface area contributed by atoms with Gasteiger partial charge in [0, 0.05) is 22.4 Å². The molecule has 1 fully saturated rings. The highest BCUT2D eigenvalue weighted by Gasteiger charge is 2.20. The van der Waals surface area contributed by atoms with Crippen LogP contribution in [0.3, 0.4) is 0 Å². The molecule has 0 aromatic heterocycles. The Balaban J connectivity index is 1.78. The summed E-state index contributed by atoms with van der Waals surface area (Å²) >= 11 is 1.52. The number of sulfonamides is 1. The molecule has 0 aliphatic heterocycles. The van der Waals surface area contributed by atoms with E-state index in [-0.39, 0.29) is 11.8 Å². The van der Waals surface area contributed by atoms with Crippen molar-refractivity contribution in [2.24, 2.45) is 0 Å². The average Bonchev–Trinajstić information content (AvgIpc) is 2.80. The lowest BCUT2D eigenvalue weighted by Gasteiger charge is -2.12. The third-order valence-corrected chi connectivity index (χ3v) is 5.87. The van der Waals surface area contributed by atoms with Crippen LogP contribution in [0.25, 0.3) is 0 Å². The van der Waals surface area contributed by atoms with E-state index >= 15 is 0 Å². The Morgan fingerprint density at radius 3 is 2.74 bits per heavy atom. The molecule has 6 heteroatoms. The molecule has 0 bridgehead atoms. The Kier molecular flexibility index (Phi) is 5.13. The molecular formula is C13H20N2O2S2. The highest BCUT2D eigenvalue weighted by atomic mass is 32.2. The summed E-state index contributed by atoms with van der Waals surface area (Å²) < 4.78 is 26.6. The first kappa shape index (κ1) is 14.7. The van der Waals surface area contributed by atoms with Crippen LogP contribution in [0.2, 0.25) is 0 Å². The van der Waals surface area contributed by atoms with Crippen LogP contribution in [0, 0.1) is 0 Å². The SMILES string of the molecule is Nc1cccc(SCCS(=O)(=O)NC2CCCC2)c1. The van der Waals surface area contributed by atoms with Crippen molar-refractivity contribution in [2.45, 2.75) is 36.6 Å². The van der Waals surface area contributed by atoms with Crippen LogP contribution in [-0.2, 0) is 10.0 Å². The first-order chi connectivity index (χ1) is 9.05. The topological polar surface area (TPSA) is 72.2 Å². The lowest BCUT2D eigenvalue weighted by atomic mass is 10.3. The van der Waals surface area contributed by atoms with Gasteiger partial charge in [0.25, 0.3) is 0 Å². The van der Waals surface area contributed by atoms with Crippen molar-refractivity contribution >= 4 is 27.5 Å². The minimum atomic E-state index is -3.15. The smallest absolute Gasteiger partial charge is 0.212 e. The van der Waals surface area contributed by atoms with Gasteiger partial charge in [-0.2, -0.15) is 0 Å². The van der Waals surface area contributed by atoms with Crippen molar-refractivity contribution in [3.63, 3.8) is 0 Å². The van der Waals surface area contributed by atoms with E-state index in [9.17, 15) is 8.42 Å². The molecule has 0 heterocycles. The Morgan fingerprint density at radius 1 is 1.32 bits per heavy atom. The van der Waals surface area contributed by atoms with Gasteiger partial charge >= 0.3 is 0 Å². The predicted octanol–water partition coefficient (Wildman–Crippen LogP) is 2.22. The van der Waals surface area contributed by atoms with Crippen LogP contribution in [0.15, 0.2) is 29.2 Å². The van der Waals surface area contributed by atoms with E-state index in [4.69, 9.17) is 5.73 Å². The van der Waals surface area contributed by atoms with Crippen LogP contribution < -0.4 is 10.5 Å². The highest BCUT2D eigenvalue weighted by Crippen LogP contribution is 2.21. The zero-order valence-electron chi connectivity index (χ0n) is 10.8. The number of hydrogen-bond acceptors (Lipinski definition) is 4. The van der Waals surface area contributed by atoms with E-state index in [0.29, 0.717) is 11.4 Å². The molecule has 0 saturated heterocycles. The van der Waals surface area contributed by atoms with E-state index in [1.54, 1.807) is 0 Å². The summed E-state index contributed by atoms with van der Waals surface area (Å²) in [5.74, 6) is 0.703. The van der Waals surface area contributed by atoms with Gasteiger partial charge in [-0.1, -0.05) is 18.9 Å². The number of hydrogen-bond donors (Lipinski definition) is 2. The van der Waals surface area contributed by atoms with Crippen molar-refractivity contribution < 1.29 is 8.42 Å². The van der Waals surface area contributed by atoms with Crippen LogP contribution in [-0.4, -0.2) is 26.0 Å². The summed E-state index contributed by atoms with van der Waals surface area (Å²) in [5, 5.41) is 0. The van der Waals surface area contributed by atoms with E-state index in [2.05, 4.69) is 4.72 Å². The molecule has 1 saturated carbocycles. The van der Waals surface area contributed by atoms with Crippen LogP contribution in [0.1, 0.15) is 25.7 Å². The lowest BCUT2D eigenvalue weighted by Crippen LogP contribution is -2.35. The minimum absolute atomic E-state index is 0.155. The van der Waals surface area contributed by atoms with Gasteiger partial charge in [-0.05, 0) is 31.0 Å². The predicted molar refractivity (Wildman–Crippen MR) is 80.8 cm³/mol. The van der Waals surface area contributed by atoms with Crippen molar-refractivity contribution in [2.75, 3.05) is 17.2 Å². The van der Waals surface area contributed by atoms with Crippen molar-refractivity contribution in [1.29, 1.82) is 0 Å². The van der Waals surface area contributed by atoms with Gasteiger partial charge < -0.3 is 5.73 Å². The number of thioether (sulfide) groups is 1. The van der Waals surface area contributed by atoms with Gasteiger partial charge in [0.15, 0.2) is 0 Å². The van der Waals surface area contributed by atoms with E-state index in [0.717, 1.165) is 30.6 Å². The number of rotatable bonds is 6. The van der Waals surface area contributed by atoms with Gasteiger partial charge in [0.2, 0.25) is 10.0 Å². The molecule has 0 amide bonds. The number of benzene rings is 1. The summed E-state index contributed by atoms with van der Waals surface area (Å²) in [6.07, 6.45) is 4.21. The molecule has 1 aliphatic carbocycles. The zero-order valence-corrected chi connectivity index (χ0v) is 12.5. The fourth-order valence-electron chi connectivity index (χ4n) is 2.23. The second-order valence-corrected chi connectivity index (χ2v) is 7.88. The molecule has 0 spiro atoms. The van der Waals surface area contributed by atoms with E-state index in [1.165, 1.54) is 11.8 Å². The first-order valence-corrected chi connectivity index (χ1v) is 9.17. The third-order valence-electron chi connectivity index (χ3n) is 3.18. The molecule has 4 nitrogen and oxygen atoms in total. The van der Waals surface area contributed by atoms with Crippen LogP contribution >= 0.6 is 11.8 Å². The number of nitrogens with two attached hydrogens (primary N) is 1. The van der Waals surface area contributed by atoms with Crippen LogP contribution in [0.5, 0.6) is 0 Å². The lowest BCUT2D eigenvalue weighted by molar-refractivity contribution is 0.553. The minimum Gasteiger partial charge on any atom is -0.399 e. The molecular weight excluding hydrogens is 280 g/mol. The number of nitrogens with one attached hydrogen (secondary N) is 1. The van der Waals surface area contributed by atoms with Crippen molar-refractivity contribution in [3.05, 3.63) is 24.3 Å². The molecule has 19 heavy (non-hydrogen) atoms. The summed E-state index contributed by atoms with van der Waals surface area (Å²) in [6, 6.07) is 7.66. The van der Waals surface area contributed by atoms with Gasteiger partial charge in [-0.15, -0.1) is 11.8 Å². The summed E-state index contributed by atoms with van der Waals surface area (Å²) in [5.41, 5.74) is 6.39. The molecule has 1 aromatic rings. The maximum atomic E-state index is 11.9. The molecule has 0 unspecified atom stereocenters. The van der Waals surface area contributed by atoms with Crippen molar-refractivity contribution in [3.8, 4) is 0 Å². The van der Waals surface area contributed by atoms with Crippen molar-refractivity contribution in [1.82, 2.24) is 4.72 Å². The van der Waals surface area contributed by atoms with Gasteiger partial charge in [-0.25, -0.2) is 13.1 Å². The molecule has 0 atom stereocenters. The number of nitrogen functional groups attached to an aromatic ring is 1. The first-order valence-electron chi connectivity index (χ1n) is 6.53. The van der Waals surface area contributed by atoms with Crippen LogP contribution in [0.4, 0.5) is 5.69 Å².